The number of methoxy groups -OCH3 is 1. The molecule has 0 radical (unpaired) electrons. The SMILES string of the molecule is COc1ccc(S(=O)(=O)NCCCC(C)C)cc1. The number of ether oxygens (including phenoxy) is 1. The molecule has 1 rings (SSSR count). The van der Waals surface area contributed by atoms with Gasteiger partial charge in [0, 0.05) is 6.54 Å². The van der Waals surface area contributed by atoms with E-state index in [1.807, 2.05) is 0 Å². The third-order valence-electron chi connectivity index (χ3n) is 2.62. The highest BCUT2D eigenvalue weighted by atomic mass is 32.2. The van der Waals surface area contributed by atoms with Crippen molar-refractivity contribution in [2.24, 2.45) is 5.92 Å². The molecule has 0 aliphatic carbocycles. The molecular formula is C13H21NO3S. The smallest absolute Gasteiger partial charge is 0.240 e. The molecule has 0 aromatic heterocycles. The molecule has 0 aliphatic heterocycles. The summed E-state index contributed by atoms with van der Waals surface area (Å²) in [5, 5.41) is 0. The van der Waals surface area contributed by atoms with Gasteiger partial charge >= 0.3 is 0 Å². The van der Waals surface area contributed by atoms with Crippen molar-refractivity contribution >= 4 is 10.0 Å². The molecule has 0 amide bonds. The first-order valence-corrected chi connectivity index (χ1v) is 7.57. The van der Waals surface area contributed by atoms with E-state index >= 15 is 0 Å². The Morgan fingerprint density at radius 2 is 1.83 bits per heavy atom. The van der Waals surface area contributed by atoms with Crippen LogP contribution in [0.2, 0.25) is 0 Å². The average Bonchev–Trinajstić information content (AvgIpc) is 2.34. The van der Waals surface area contributed by atoms with Gasteiger partial charge in [0.25, 0.3) is 0 Å². The average molecular weight is 271 g/mol. The predicted octanol–water partition coefficient (Wildman–Crippen LogP) is 2.41. The van der Waals surface area contributed by atoms with Crippen molar-refractivity contribution in [1.29, 1.82) is 0 Å². The van der Waals surface area contributed by atoms with Crippen molar-refractivity contribution in [2.45, 2.75) is 31.6 Å². The van der Waals surface area contributed by atoms with Gasteiger partial charge in [0.05, 0.1) is 12.0 Å². The maximum absolute atomic E-state index is 11.9. The fourth-order valence-corrected chi connectivity index (χ4v) is 2.63. The van der Waals surface area contributed by atoms with Gasteiger partial charge in [-0.05, 0) is 43.0 Å². The minimum absolute atomic E-state index is 0.271. The molecule has 1 aromatic rings. The van der Waals surface area contributed by atoms with Gasteiger partial charge in [0.2, 0.25) is 10.0 Å². The van der Waals surface area contributed by atoms with Gasteiger partial charge in [-0.2, -0.15) is 0 Å². The summed E-state index contributed by atoms with van der Waals surface area (Å²) in [6, 6.07) is 6.37. The second kappa shape index (κ2) is 6.75. The van der Waals surface area contributed by atoms with Crippen LogP contribution in [0, 0.1) is 5.92 Å². The minimum atomic E-state index is -3.39. The van der Waals surface area contributed by atoms with Crippen LogP contribution in [0.3, 0.4) is 0 Å². The molecule has 0 atom stereocenters. The quantitative estimate of drug-likeness (QED) is 0.775. The van der Waals surface area contributed by atoms with Crippen molar-refractivity contribution in [3.8, 4) is 5.75 Å². The normalized spacial score (nSPS) is 11.8. The fraction of sp³-hybridized carbons (Fsp3) is 0.538. The molecule has 102 valence electrons. The molecule has 1 N–H and O–H groups in total. The topological polar surface area (TPSA) is 55.4 Å². The van der Waals surface area contributed by atoms with Gasteiger partial charge in [-0.25, -0.2) is 13.1 Å². The third kappa shape index (κ3) is 4.66. The molecule has 18 heavy (non-hydrogen) atoms. The Kier molecular flexibility index (Phi) is 5.62. The first kappa shape index (κ1) is 15.0. The zero-order valence-electron chi connectivity index (χ0n) is 11.1. The molecule has 0 fully saturated rings. The van der Waals surface area contributed by atoms with Crippen LogP contribution in [0.25, 0.3) is 0 Å². The summed E-state index contributed by atoms with van der Waals surface area (Å²) in [6.45, 7) is 4.72. The summed E-state index contributed by atoms with van der Waals surface area (Å²) < 4.78 is 31.4. The third-order valence-corrected chi connectivity index (χ3v) is 4.10. The van der Waals surface area contributed by atoms with Gasteiger partial charge in [0.1, 0.15) is 5.75 Å². The van der Waals surface area contributed by atoms with Crippen molar-refractivity contribution in [3.63, 3.8) is 0 Å². The number of hydrogen-bond acceptors (Lipinski definition) is 3. The summed E-state index contributed by atoms with van der Waals surface area (Å²) in [7, 11) is -1.84. The Morgan fingerprint density at radius 3 is 2.33 bits per heavy atom. The molecular weight excluding hydrogens is 250 g/mol. The molecule has 0 heterocycles. The van der Waals surface area contributed by atoms with Crippen molar-refractivity contribution in [1.82, 2.24) is 4.72 Å². The number of nitrogens with one attached hydrogen (secondary N) is 1. The lowest BCUT2D eigenvalue weighted by Crippen LogP contribution is -2.25. The zero-order valence-corrected chi connectivity index (χ0v) is 12.0. The standard InChI is InChI=1S/C13H21NO3S/c1-11(2)5-4-10-14-18(15,16)13-8-6-12(17-3)7-9-13/h6-9,11,14H,4-5,10H2,1-3H3. The number of hydrogen-bond donors (Lipinski definition) is 1. The lowest BCUT2D eigenvalue weighted by molar-refractivity contribution is 0.414. The summed E-state index contributed by atoms with van der Waals surface area (Å²) in [6.07, 6.45) is 1.87. The largest absolute Gasteiger partial charge is 0.497 e. The minimum Gasteiger partial charge on any atom is -0.497 e. The van der Waals surface area contributed by atoms with Crippen LogP contribution in [0.1, 0.15) is 26.7 Å². The zero-order chi connectivity index (χ0) is 13.6. The maximum atomic E-state index is 11.9. The second-order valence-corrected chi connectivity index (χ2v) is 6.38. The Bertz CT molecular complexity index is 452. The van der Waals surface area contributed by atoms with E-state index in [1.54, 1.807) is 31.4 Å². The van der Waals surface area contributed by atoms with Gasteiger partial charge in [-0.3, -0.25) is 0 Å². The number of rotatable bonds is 7. The van der Waals surface area contributed by atoms with E-state index in [4.69, 9.17) is 4.74 Å². The van der Waals surface area contributed by atoms with Crippen LogP contribution in [-0.2, 0) is 10.0 Å². The van der Waals surface area contributed by atoms with Crippen molar-refractivity contribution in [2.75, 3.05) is 13.7 Å². The predicted molar refractivity (Wildman–Crippen MR) is 72.3 cm³/mol. The highest BCUT2D eigenvalue weighted by Crippen LogP contribution is 2.15. The highest BCUT2D eigenvalue weighted by Gasteiger charge is 2.12. The summed E-state index contributed by atoms with van der Waals surface area (Å²) in [5.74, 6) is 1.24. The van der Waals surface area contributed by atoms with Crippen molar-refractivity contribution < 1.29 is 13.2 Å². The number of sulfonamides is 1. The first-order valence-electron chi connectivity index (χ1n) is 6.09. The van der Waals surface area contributed by atoms with E-state index in [9.17, 15) is 8.42 Å². The fourth-order valence-electron chi connectivity index (χ4n) is 1.56. The molecule has 0 aliphatic rings. The van der Waals surface area contributed by atoms with Crippen LogP contribution >= 0.6 is 0 Å². The van der Waals surface area contributed by atoms with E-state index in [0.717, 1.165) is 12.8 Å². The molecule has 0 spiro atoms. The number of benzene rings is 1. The lowest BCUT2D eigenvalue weighted by Gasteiger charge is -2.08. The Labute approximate surface area is 109 Å². The van der Waals surface area contributed by atoms with Crippen LogP contribution in [0.4, 0.5) is 0 Å². The Balaban J connectivity index is 2.57. The van der Waals surface area contributed by atoms with Gasteiger partial charge in [0.15, 0.2) is 0 Å². The van der Waals surface area contributed by atoms with E-state index in [0.29, 0.717) is 18.2 Å². The van der Waals surface area contributed by atoms with Crippen LogP contribution < -0.4 is 9.46 Å². The van der Waals surface area contributed by atoms with Crippen LogP contribution in [0.15, 0.2) is 29.2 Å². The first-order chi connectivity index (χ1) is 8.45. The molecule has 4 nitrogen and oxygen atoms in total. The van der Waals surface area contributed by atoms with Crippen LogP contribution in [-0.4, -0.2) is 22.1 Å². The molecule has 0 saturated heterocycles. The van der Waals surface area contributed by atoms with Crippen LogP contribution in [0.5, 0.6) is 5.75 Å². The molecule has 1 aromatic carbocycles. The van der Waals surface area contributed by atoms with E-state index in [1.165, 1.54) is 0 Å². The van der Waals surface area contributed by atoms with Gasteiger partial charge in [-0.1, -0.05) is 13.8 Å². The van der Waals surface area contributed by atoms with E-state index in [2.05, 4.69) is 18.6 Å². The summed E-state index contributed by atoms with van der Waals surface area (Å²) in [4.78, 5) is 0.271. The summed E-state index contributed by atoms with van der Waals surface area (Å²) in [5.41, 5.74) is 0. The van der Waals surface area contributed by atoms with E-state index < -0.39 is 10.0 Å². The van der Waals surface area contributed by atoms with Gasteiger partial charge in [-0.15, -0.1) is 0 Å². The highest BCUT2D eigenvalue weighted by molar-refractivity contribution is 7.89. The molecule has 0 unspecified atom stereocenters. The molecule has 5 heteroatoms. The molecule has 0 saturated carbocycles. The maximum Gasteiger partial charge on any atom is 0.240 e. The monoisotopic (exact) mass is 271 g/mol. The van der Waals surface area contributed by atoms with E-state index in [-0.39, 0.29) is 4.90 Å². The lowest BCUT2D eigenvalue weighted by atomic mass is 10.1. The summed E-state index contributed by atoms with van der Waals surface area (Å²) >= 11 is 0. The Hall–Kier alpha value is -1.07. The second-order valence-electron chi connectivity index (χ2n) is 4.61. The van der Waals surface area contributed by atoms with Gasteiger partial charge < -0.3 is 4.74 Å². The van der Waals surface area contributed by atoms with Crippen molar-refractivity contribution in [3.05, 3.63) is 24.3 Å². The molecule has 0 bridgehead atoms. The Morgan fingerprint density at radius 1 is 1.22 bits per heavy atom.